The second kappa shape index (κ2) is 7.33. The van der Waals surface area contributed by atoms with Crippen LogP contribution in [0.3, 0.4) is 0 Å². The van der Waals surface area contributed by atoms with Crippen molar-refractivity contribution in [2.24, 2.45) is 0 Å². The van der Waals surface area contributed by atoms with Crippen LogP contribution < -0.4 is 5.32 Å². The third-order valence-corrected chi connectivity index (χ3v) is 3.06. The van der Waals surface area contributed by atoms with Gasteiger partial charge in [-0.3, -0.25) is 0 Å². The number of hydrogen-bond acceptors (Lipinski definition) is 4. The van der Waals surface area contributed by atoms with Crippen LogP contribution in [0.5, 0.6) is 5.75 Å². The molecule has 110 valence electrons. The smallest absolute Gasteiger partial charge is 0.328 e. The maximum absolute atomic E-state index is 12.1. The summed E-state index contributed by atoms with van der Waals surface area (Å²) in [6.07, 6.45) is 0.494. The lowest BCUT2D eigenvalue weighted by molar-refractivity contribution is -0.144. The highest BCUT2D eigenvalue weighted by molar-refractivity contribution is 5.79. The van der Waals surface area contributed by atoms with Crippen LogP contribution in [-0.2, 0) is 16.0 Å². The molecular weight excluding hydrogens is 266 g/mol. The van der Waals surface area contributed by atoms with E-state index in [1.807, 2.05) is 30.3 Å². The van der Waals surface area contributed by atoms with Crippen LogP contribution in [0.2, 0.25) is 0 Å². The number of benzene rings is 2. The Morgan fingerprint density at radius 1 is 1.14 bits per heavy atom. The van der Waals surface area contributed by atoms with Gasteiger partial charge in [-0.2, -0.15) is 0 Å². The molecule has 0 aliphatic carbocycles. The van der Waals surface area contributed by atoms with Gasteiger partial charge < -0.3 is 15.2 Å². The van der Waals surface area contributed by atoms with Gasteiger partial charge in [-0.1, -0.05) is 30.3 Å². The number of nitrogens with one attached hydrogen (secondary N) is 1. The molecule has 0 spiro atoms. The summed E-state index contributed by atoms with van der Waals surface area (Å²) in [5.41, 5.74) is 1.82. The molecule has 2 aromatic carbocycles. The molecule has 4 heteroatoms. The molecule has 0 aromatic heterocycles. The highest BCUT2D eigenvalue weighted by atomic mass is 16.5. The first-order valence-corrected chi connectivity index (χ1v) is 6.95. The predicted octanol–water partition coefficient (Wildman–Crippen LogP) is 2.98. The lowest BCUT2D eigenvalue weighted by atomic mass is 10.1. The molecular formula is C17H19NO3. The number of carbonyl (C=O) groups excluding carboxylic acids is 1. The zero-order chi connectivity index (χ0) is 15.1. The van der Waals surface area contributed by atoms with E-state index in [1.165, 1.54) is 0 Å². The van der Waals surface area contributed by atoms with Crippen molar-refractivity contribution in [2.75, 3.05) is 11.9 Å². The van der Waals surface area contributed by atoms with Crippen molar-refractivity contribution in [3.63, 3.8) is 0 Å². The number of anilines is 1. The van der Waals surface area contributed by atoms with Crippen LogP contribution in [0.15, 0.2) is 54.6 Å². The fourth-order valence-corrected chi connectivity index (χ4v) is 2.04. The Morgan fingerprint density at radius 2 is 1.81 bits per heavy atom. The van der Waals surface area contributed by atoms with Gasteiger partial charge in [0.2, 0.25) is 0 Å². The van der Waals surface area contributed by atoms with E-state index in [1.54, 1.807) is 31.2 Å². The first kappa shape index (κ1) is 14.9. The van der Waals surface area contributed by atoms with E-state index in [2.05, 4.69) is 5.32 Å². The van der Waals surface area contributed by atoms with E-state index in [-0.39, 0.29) is 11.7 Å². The van der Waals surface area contributed by atoms with Crippen LogP contribution >= 0.6 is 0 Å². The number of rotatable bonds is 6. The minimum absolute atomic E-state index is 0.211. The van der Waals surface area contributed by atoms with Gasteiger partial charge in [0.15, 0.2) is 0 Å². The Labute approximate surface area is 124 Å². The van der Waals surface area contributed by atoms with Gasteiger partial charge in [0, 0.05) is 12.1 Å². The highest BCUT2D eigenvalue weighted by Crippen LogP contribution is 2.15. The zero-order valence-electron chi connectivity index (χ0n) is 12.0. The Bertz CT molecular complexity index is 566. The average molecular weight is 285 g/mol. The van der Waals surface area contributed by atoms with Crippen LogP contribution in [0, 0.1) is 0 Å². The monoisotopic (exact) mass is 285 g/mol. The molecule has 21 heavy (non-hydrogen) atoms. The average Bonchev–Trinajstić information content (AvgIpc) is 2.50. The summed E-state index contributed by atoms with van der Waals surface area (Å²) in [5, 5.41) is 12.5. The van der Waals surface area contributed by atoms with Crippen molar-refractivity contribution in [1.29, 1.82) is 0 Å². The first-order chi connectivity index (χ1) is 10.2. The first-order valence-electron chi connectivity index (χ1n) is 6.95. The molecule has 2 rings (SSSR count). The summed E-state index contributed by atoms with van der Waals surface area (Å²) in [7, 11) is 0. The molecule has 0 saturated carbocycles. The molecule has 0 amide bonds. The third kappa shape index (κ3) is 4.53. The number of carbonyl (C=O) groups is 1. The van der Waals surface area contributed by atoms with Gasteiger partial charge in [0.25, 0.3) is 0 Å². The van der Waals surface area contributed by atoms with Crippen molar-refractivity contribution in [3.8, 4) is 5.75 Å². The van der Waals surface area contributed by atoms with Gasteiger partial charge in [-0.25, -0.2) is 4.79 Å². The molecule has 0 aliphatic rings. The van der Waals surface area contributed by atoms with Crippen LogP contribution in [0.25, 0.3) is 0 Å². The van der Waals surface area contributed by atoms with Gasteiger partial charge >= 0.3 is 5.97 Å². The molecule has 2 aromatic rings. The summed E-state index contributed by atoms with van der Waals surface area (Å²) >= 11 is 0. The van der Waals surface area contributed by atoms with Gasteiger partial charge in [0.05, 0.1) is 6.61 Å². The highest BCUT2D eigenvalue weighted by Gasteiger charge is 2.20. The van der Waals surface area contributed by atoms with Crippen LogP contribution in [0.4, 0.5) is 5.69 Å². The molecule has 0 saturated heterocycles. The lowest BCUT2D eigenvalue weighted by Gasteiger charge is -2.18. The van der Waals surface area contributed by atoms with E-state index in [0.29, 0.717) is 13.0 Å². The fraction of sp³-hybridized carbons (Fsp3) is 0.235. The summed E-state index contributed by atoms with van der Waals surface area (Å²) in [4.78, 5) is 12.1. The number of para-hydroxylation sites is 1. The van der Waals surface area contributed by atoms with E-state index in [9.17, 15) is 9.90 Å². The summed E-state index contributed by atoms with van der Waals surface area (Å²) in [6.45, 7) is 2.14. The second-order valence-corrected chi connectivity index (χ2v) is 4.69. The number of hydrogen-bond donors (Lipinski definition) is 2. The van der Waals surface area contributed by atoms with E-state index in [0.717, 1.165) is 11.3 Å². The SMILES string of the molecule is CCOC(=O)C(Cc1ccc(O)cc1)Nc1ccccc1. The molecule has 0 radical (unpaired) electrons. The number of phenols is 1. The molecule has 0 fully saturated rings. The Morgan fingerprint density at radius 3 is 2.43 bits per heavy atom. The maximum atomic E-state index is 12.1. The predicted molar refractivity (Wildman–Crippen MR) is 82.3 cm³/mol. The van der Waals surface area contributed by atoms with E-state index < -0.39 is 6.04 Å². The molecule has 0 aliphatic heterocycles. The molecule has 1 unspecified atom stereocenters. The second-order valence-electron chi connectivity index (χ2n) is 4.69. The normalized spacial score (nSPS) is 11.7. The van der Waals surface area contributed by atoms with E-state index in [4.69, 9.17) is 4.74 Å². The summed E-state index contributed by atoms with van der Waals surface area (Å²) < 4.78 is 5.12. The van der Waals surface area contributed by atoms with Gasteiger partial charge in [-0.05, 0) is 36.8 Å². The largest absolute Gasteiger partial charge is 0.508 e. The number of phenolic OH excluding ortho intramolecular Hbond substituents is 1. The summed E-state index contributed by atoms with van der Waals surface area (Å²) in [5.74, 6) is -0.0723. The van der Waals surface area contributed by atoms with Crippen LogP contribution in [0.1, 0.15) is 12.5 Å². The van der Waals surface area contributed by atoms with Crippen LogP contribution in [-0.4, -0.2) is 23.7 Å². The van der Waals surface area contributed by atoms with Gasteiger partial charge in [-0.15, -0.1) is 0 Å². The minimum atomic E-state index is -0.461. The Hall–Kier alpha value is -2.49. The van der Waals surface area contributed by atoms with Crippen molar-refractivity contribution in [2.45, 2.75) is 19.4 Å². The standard InChI is InChI=1S/C17H19NO3/c1-2-21-17(20)16(18-14-6-4-3-5-7-14)12-13-8-10-15(19)11-9-13/h3-11,16,18-19H,2,12H2,1H3. The third-order valence-electron chi connectivity index (χ3n) is 3.06. The quantitative estimate of drug-likeness (QED) is 0.801. The molecule has 0 bridgehead atoms. The molecule has 4 nitrogen and oxygen atoms in total. The number of aromatic hydroxyl groups is 1. The summed E-state index contributed by atoms with van der Waals surface area (Å²) in [6, 6.07) is 15.9. The van der Waals surface area contributed by atoms with Crippen molar-refractivity contribution in [3.05, 3.63) is 60.2 Å². The number of esters is 1. The Kier molecular flexibility index (Phi) is 5.21. The number of ether oxygens (including phenoxy) is 1. The van der Waals surface area contributed by atoms with Crippen molar-refractivity contribution in [1.82, 2.24) is 0 Å². The minimum Gasteiger partial charge on any atom is -0.508 e. The van der Waals surface area contributed by atoms with E-state index >= 15 is 0 Å². The van der Waals surface area contributed by atoms with Crippen molar-refractivity contribution < 1.29 is 14.6 Å². The molecule has 0 heterocycles. The Balaban J connectivity index is 2.11. The molecule has 1 atom stereocenters. The topological polar surface area (TPSA) is 58.6 Å². The zero-order valence-corrected chi connectivity index (χ0v) is 12.0. The van der Waals surface area contributed by atoms with Crippen molar-refractivity contribution >= 4 is 11.7 Å². The van der Waals surface area contributed by atoms with Gasteiger partial charge in [0.1, 0.15) is 11.8 Å². The maximum Gasteiger partial charge on any atom is 0.328 e. The fourth-order valence-electron chi connectivity index (χ4n) is 2.04. The lowest BCUT2D eigenvalue weighted by Crippen LogP contribution is -2.33. The molecule has 2 N–H and O–H groups in total.